The number of hydrogen-bond donors (Lipinski definition) is 1. The van der Waals surface area contributed by atoms with Crippen molar-refractivity contribution in [3.8, 4) is 0 Å². The van der Waals surface area contributed by atoms with E-state index in [2.05, 4.69) is 38.0 Å². The lowest BCUT2D eigenvalue weighted by Gasteiger charge is -2.18. The predicted molar refractivity (Wildman–Crippen MR) is 62.4 cm³/mol. The molecular weight excluding hydrogens is 178 g/mol. The minimum absolute atomic E-state index is 0.789. The number of nitrogens with one attached hydrogen (secondary N) is 1. The standard InChI is InChI=1S/C11H23NS/c1-9(2)7-8-13-11-6-4-5-10(11)12-3/h9-12H,4-8H2,1-3H3. The van der Waals surface area contributed by atoms with Crippen molar-refractivity contribution in [2.24, 2.45) is 5.92 Å². The molecule has 2 atom stereocenters. The van der Waals surface area contributed by atoms with Gasteiger partial charge in [-0.2, -0.15) is 11.8 Å². The van der Waals surface area contributed by atoms with Gasteiger partial charge >= 0.3 is 0 Å². The fraction of sp³-hybridized carbons (Fsp3) is 1.00. The zero-order valence-corrected chi connectivity index (χ0v) is 9.99. The van der Waals surface area contributed by atoms with Crippen molar-refractivity contribution in [1.29, 1.82) is 0 Å². The molecule has 0 aromatic carbocycles. The number of hydrogen-bond acceptors (Lipinski definition) is 2. The van der Waals surface area contributed by atoms with Gasteiger partial charge in [0.05, 0.1) is 0 Å². The second-order valence-corrected chi connectivity index (χ2v) is 5.76. The summed E-state index contributed by atoms with van der Waals surface area (Å²) in [6, 6.07) is 0.789. The fourth-order valence-corrected chi connectivity index (χ4v) is 3.66. The van der Waals surface area contributed by atoms with E-state index in [-0.39, 0.29) is 0 Å². The lowest BCUT2D eigenvalue weighted by Crippen LogP contribution is -2.30. The SMILES string of the molecule is CNC1CCCC1SCCC(C)C. The Bertz CT molecular complexity index is 136. The van der Waals surface area contributed by atoms with Crippen LogP contribution < -0.4 is 5.32 Å². The zero-order valence-electron chi connectivity index (χ0n) is 9.18. The van der Waals surface area contributed by atoms with Gasteiger partial charge in [0.15, 0.2) is 0 Å². The van der Waals surface area contributed by atoms with Crippen LogP contribution in [-0.2, 0) is 0 Å². The van der Waals surface area contributed by atoms with E-state index in [0.29, 0.717) is 0 Å². The van der Waals surface area contributed by atoms with Crippen molar-refractivity contribution < 1.29 is 0 Å². The minimum atomic E-state index is 0.789. The molecule has 2 unspecified atom stereocenters. The molecule has 0 aromatic heterocycles. The van der Waals surface area contributed by atoms with Crippen LogP contribution in [-0.4, -0.2) is 24.1 Å². The molecule has 0 heterocycles. The first kappa shape index (κ1) is 11.4. The first-order chi connectivity index (χ1) is 6.24. The molecule has 1 nitrogen and oxygen atoms in total. The van der Waals surface area contributed by atoms with Crippen molar-refractivity contribution >= 4 is 11.8 Å². The third-order valence-corrected chi connectivity index (χ3v) is 4.31. The van der Waals surface area contributed by atoms with E-state index in [1.807, 2.05) is 0 Å². The summed E-state index contributed by atoms with van der Waals surface area (Å²) in [6.07, 6.45) is 5.60. The fourth-order valence-electron chi connectivity index (χ4n) is 1.91. The molecule has 1 fully saturated rings. The van der Waals surface area contributed by atoms with E-state index >= 15 is 0 Å². The highest BCUT2D eigenvalue weighted by atomic mass is 32.2. The van der Waals surface area contributed by atoms with E-state index < -0.39 is 0 Å². The molecule has 78 valence electrons. The lowest BCUT2D eigenvalue weighted by atomic mass is 10.2. The Morgan fingerprint density at radius 3 is 2.77 bits per heavy atom. The normalized spacial score (nSPS) is 28.6. The van der Waals surface area contributed by atoms with Crippen LogP contribution in [0.25, 0.3) is 0 Å². The summed E-state index contributed by atoms with van der Waals surface area (Å²) < 4.78 is 0. The van der Waals surface area contributed by atoms with Crippen molar-refractivity contribution in [3.05, 3.63) is 0 Å². The summed E-state index contributed by atoms with van der Waals surface area (Å²) in [7, 11) is 2.10. The molecule has 0 radical (unpaired) electrons. The summed E-state index contributed by atoms with van der Waals surface area (Å²) in [6.45, 7) is 4.62. The summed E-state index contributed by atoms with van der Waals surface area (Å²) in [5.74, 6) is 2.21. The Morgan fingerprint density at radius 2 is 2.15 bits per heavy atom. The molecular formula is C11H23NS. The van der Waals surface area contributed by atoms with Crippen molar-refractivity contribution in [2.45, 2.75) is 50.8 Å². The van der Waals surface area contributed by atoms with Gasteiger partial charge in [0.1, 0.15) is 0 Å². The predicted octanol–water partition coefficient (Wildman–Crippen LogP) is 2.91. The van der Waals surface area contributed by atoms with Crippen molar-refractivity contribution in [1.82, 2.24) is 5.32 Å². The highest BCUT2D eigenvalue weighted by molar-refractivity contribution is 7.99. The summed E-state index contributed by atoms with van der Waals surface area (Å²) in [5.41, 5.74) is 0. The summed E-state index contributed by atoms with van der Waals surface area (Å²) in [5, 5.41) is 4.32. The van der Waals surface area contributed by atoms with Gasteiger partial charge in [0, 0.05) is 11.3 Å². The van der Waals surface area contributed by atoms with Crippen LogP contribution in [0.5, 0.6) is 0 Å². The summed E-state index contributed by atoms with van der Waals surface area (Å²) in [4.78, 5) is 0. The molecule has 1 rings (SSSR count). The maximum atomic E-state index is 3.43. The molecule has 1 aliphatic rings. The summed E-state index contributed by atoms with van der Waals surface area (Å²) >= 11 is 2.18. The Kier molecular flexibility index (Phi) is 5.18. The quantitative estimate of drug-likeness (QED) is 0.734. The van der Waals surface area contributed by atoms with Gasteiger partial charge < -0.3 is 5.32 Å². The van der Waals surface area contributed by atoms with Crippen molar-refractivity contribution in [2.75, 3.05) is 12.8 Å². The van der Waals surface area contributed by atoms with Gasteiger partial charge in [-0.15, -0.1) is 0 Å². The molecule has 13 heavy (non-hydrogen) atoms. The molecule has 1 aliphatic carbocycles. The zero-order chi connectivity index (χ0) is 9.68. The average Bonchev–Trinajstić information content (AvgIpc) is 2.51. The third kappa shape index (κ3) is 3.90. The Hall–Kier alpha value is 0.310. The first-order valence-electron chi connectivity index (χ1n) is 5.53. The maximum absolute atomic E-state index is 3.43. The molecule has 1 saturated carbocycles. The van der Waals surface area contributed by atoms with Gasteiger partial charge in [-0.05, 0) is 38.0 Å². The third-order valence-electron chi connectivity index (χ3n) is 2.85. The molecule has 1 N–H and O–H groups in total. The largest absolute Gasteiger partial charge is 0.316 e. The second-order valence-electron chi connectivity index (χ2n) is 4.42. The van der Waals surface area contributed by atoms with E-state index in [0.717, 1.165) is 17.2 Å². The molecule has 0 saturated heterocycles. The number of rotatable bonds is 5. The van der Waals surface area contributed by atoms with Crippen LogP contribution in [0.15, 0.2) is 0 Å². The average molecular weight is 201 g/mol. The van der Waals surface area contributed by atoms with Crippen LogP contribution in [0.1, 0.15) is 39.5 Å². The van der Waals surface area contributed by atoms with Crippen molar-refractivity contribution in [3.63, 3.8) is 0 Å². The van der Waals surface area contributed by atoms with E-state index in [9.17, 15) is 0 Å². The monoisotopic (exact) mass is 201 g/mol. The second kappa shape index (κ2) is 5.92. The Labute approximate surface area is 87.1 Å². The topological polar surface area (TPSA) is 12.0 Å². The lowest BCUT2D eigenvalue weighted by molar-refractivity contribution is 0.588. The van der Waals surface area contributed by atoms with Gasteiger partial charge in [0.25, 0.3) is 0 Å². The van der Waals surface area contributed by atoms with Crippen LogP contribution in [0.2, 0.25) is 0 Å². The minimum Gasteiger partial charge on any atom is -0.316 e. The van der Waals surface area contributed by atoms with Crippen LogP contribution >= 0.6 is 11.8 Å². The van der Waals surface area contributed by atoms with E-state index in [4.69, 9.17) is 0 Å². The highest BCUT2D eigenvalue weighted by Gasteiger charge is 2.25. The molecule has 0 aliphatic heterocycles. The van der Waals surface area contributed by atoms with Gasteiger partial charge in [-0.1, -0.05) is 20.3 Å². The van der Waals surface area contributed by atoms with Crippen LogP contribution in [0.4, 0.5) is 0 Å². The molecule has 2 heteroatoms. The highest BCUT2D eigenvalue weighted by Crippen LogP contribution is 2.30. The first-order valence-corrected chi connectivity index (χ1v) is 6.57. The molecule has 0 spiro atoms. The molecule has 0 aromatic rings. The van der Waals surface area contributed by atoms with Gasteiger partial charge in [-0.25, -0.2) is 0 Å². The van der Waals surface area contributed by atoms with Crippen LogP contribution in [0, 0.1) is 5.92 Å². The smallest absolute Gasteiger partial charge is 0.0201 e. The van der Waals surface area contributed by atoms with Gasteiger partial charge in [0.2, 0.25) is 0 Å². The van der Waals surface area contributed by atoms with Crippen LogP contribution in [0.3, 0.4) is 0 Å². The molecule has 0 bridgehead atoms. The Balaban J connectivity index is 2.13. The van der Waals surface area contributed by atoms with E-state index in [1.54, 1.807) is 0 Å². The molecule has 0 amide bonds. The Morgan fingerprint density at radius 1 is 1.38 bits per heavy atom. The maximum Gasteiger partial charge on any atom is 0.0201 e. The number of thioether (sulfide) groups is 1. The van der Waals surface area contributed by atoms with Gasteiger partial charge in [-0.3, -0.25) is 0 Å². The van der Waals surface area contributed by atoms with E-state index in [1.165, 1.54) is 31.4 Å².